The molecule has 1 saturated heterocycles. The maximum atomic E-state index is 5.52. The Kier molecular flexibility index (Phi) is 5.06. The highest BCUT2D eigenvalue weighted by molar-refractivity contribution is 5.54. The van der Waals surface area contributed by atoms with Gasteiger partial charge in [0.1, 0.15) is 0 Å². The molecular formula is C17H28N2O. The highest BCUT2D eigenvalue weighted by Gasteiger charge is 2.20. The van der Waals surface area contributed by atoms with Crippen molar-refractivity contribution in [1.29, 1.82) is 0 Å². The lowest BCUT2D eigenvalue weighted by Gasteiger charge is -2.29. The lowest BCUT2D eigenvalue weighted by atomic mass is 9.85. The van der Waals surface area contributed by atoms with E-state index in [4.69, 9.17) is 4.74 Å². The molecule has 0 aliphatic carbocycles. The first kappa shape index (κ1) is 15.3. The number of rotatable bonds is 4. The van der Waals surface area contributed by atoms with E-state index in [1.54, 1.807) is 0 Å². The van der Waals surface area contributed by atoms with E-state index in [2.05, 4.69) is 62.6 Å². The second-order valence-corrected chi connectivity index (χ2v) is 6.80. The maximum Gasteiger partial charge on any atom is 0.0621 e. The van der Waals surface area contributed by atoms with Crippen LogP contribution in [-0.2, 0) is 10.2 Å². The lowest BCUT2D eigenvalue weighted by molar-refractivity contribution is 0.0731. The molecule has 112 valence electrons. The number of hydrogen-bond acceptors (Lipinski definition) is 3. The molecule has 1 aromatic carbocycles. The minimum Gasteiger partial charge on any atom is -0.382 e. The van der Waals surface area contributed by atoms with Gasteiger partial charge in [-0.25, -0.2) is 0 Å². The Morgan fingerprint density at radius 3 is 2.75 bits per heavy atom. The molecule has 3 heteroatoms. The SMILES string of the molecule is CC(CC1COCCN1)Nc1ccccc1C(C)(C)C. The minimum absolute atomic E-state index is 0.162. The van der Waals surface area contributed by atoms with Gasteiger partial charge in [0.15, 0.2) is 0 Å². The molecule has 3 nitrogen and oxygen atoms in total. The second kappa shape index (κ2) is 6.59. The maximum absolute atomic E-state index is 5.52. The summed E-state index contributed by atoms with van der Waals surface area (Å²) in [5, 5.41) is 7.18. The van der Waals surface area contributed by atoms with Crippen molar-refractivity contribution in [3.8, 4) is 0 Å². The van der Waals surface area contributed by atoms with Gasteiger partial charge in [0.05, 0.1) is 13.2 Å². The fourth-order valence-corrected chi connectivity index (χ4v) is 2.79. The Bertz CT molecular complexity index is 419. The zero-order valence-corrected chi connectivity index (χ0v) is 13.2. The molecule has 1 heterocycles. The van der Waals surface area contributed by atoms with Crippen LogP contribution in [0.3, 0.4) is 0 Å². The number of anilines is 1. The number of nitrogens with one attached hydrogen (secondary N) is 2. The predicted octanol–water partition coefficient (Wildman–Crippen LogP) is 3.16. The standard InChI is InChI=1S/C17H28N2O/c1-13(11-14-12-20-10-9-18-14)19-16-8-6-5-7-15(16)17(2,3)4/h5-8,13-14,18-19H,9-12H2,1-4H3. The van der Waals surface area contributed by atoms with Gasteiger partial charge in [-0.05, 0) is 30.4 Å². The molecule has 1 aliphatic heterocycles. The largest absolute Gasteiger partial charge is 0.382 e. The van der Waals surface area contributed by atoms with E-state index >= 15 is 0 Å². The first-order chi connectivity index (χ1) is 9.47. The quantitative estimate of drug-likeness (QED) is 0.886. The molecule has 0 saturated carbocycles. The third kappa shape index (κ3) is 4.22. The summed E-state index contributed by atoms with van der Waals surface area (Å²) in [6.45, 7) is 11.7. The molecule has 2 N–H and O–H groups in total. The molecule has 20 heavy (non-hydrogen) atoms. The van der Waals surface area contributed by atoms with E-state index in [9.17, 15) is 0 Å². The van der Waals surface area contributed by atoms with E-state index in [0.29, 0.717) is 12.1 Å². The molecule has 0 radical (unpaired) electrons. The molecule has 1 aliphatic rings. The van der Waals surface area contributed by atoms with E-state index < -0.39 is 0 Å². The lowest BCUT2D eigenvalue weighted by Crippen LogP contribution is -2.43. The fraction of sp³-hybridized carbons (Fsp3) is 0.647. The second-order valence-electron chi connectivity index (χ2n) is 6.80. The Balaban J connectivity index is 1.98. The van der Waals surface area contributed by atoms with Crippen molar-refractivity contribution in [3.63, 3.8) is 0 Å². The first-order valence-corrected chi connectivity index (χ1v) is 7.64. The molecule has 0 bridgehead atoms. The van der Waals surface area contributed by atoms with E-state index in [1.807, 2.05) is 0 Å². The molecule has 1 fully saturated rings. The monoisotopic (exact) mass is 276 g/mol. The molecular weight excluding hydrogens is 248 g/mol. The van der Waals surface area contributed by atoms with Gasteiger partial charge in [0.2, 0.25) is 0 Å². The van der Waals surface area contributed by atoms with Crippen LogP contribution in [0.2, 0.25) is 0 Å². The van der Waals surface area contributed by atoms with E-state index in [-0.39, 0.29) is 5.41 Å². The van der Waals surface area contributed by atoms with Crippen molar-refractivity contribution >= 4 is 5.69 Å². The van der Waals surface area contributed by atoms with E-state index in [0.717, 1.165) is 26.2 Å². The number of hydrogen-bond donors (Lipinski definition) is 2. The molecule has 2 rings (SSSR count). The average molecular weight is 276 g/mol. The van der Waals surface area contributed by atoms with Crippen molar-refractivity contribution in [2.24, 2.45) is 0 Å². The van der Waals surface area contributed by atoms with Crippen molar-refractivity contribution in [3.05, 3.63) is 29.8 Å². The Labute approximate surface area is 123 Å². The van der Waals surface area contributed by atoms with Crippen molar-refractivity contribution in [1.82, 2.24) is 5.32 Å². The number of para-hydroxylation sites is 1. The van der Waals surface area contributed by atoms with Gasteiger partial charge in [-0.2, -0.15) is 0 Å². The third-order valence-electron chi connectivity index (χ3n) is 3.77. The zero-order valence-electron chi connectivity index (χ0n) is 13.2. The Morgan fingerprint density at radius 2 is 2.10 bits per heavy atom. The normalized spacial score (nSPS) is 21.5. The topological polar surface area (TPSA) is 33.3 Å². The highest BCUT2D eigenvalue weighted by Crippen LogP contribution is 2.29. The van der Waals surface area contributed by atoms with Gasteiger partial charge in [0.25, 0.3) is 0 Å². The van der Waals surface area contributed by atoms with Crippen LogP contribution in [0.5, 0.6) is 0 Å². The summed E-state index contributed by atoms with van der Waals surface area (Å²) >= 11 is 0. The van der Waals surface area contributed by atoms with Crippen molar-refractivity contribution in [2.45, 2.75) is 51.6 Å². The smallest absolute Gasteiger partial charge is 0.0621 e. The van der Waals surface area contributed by atoms with Crippen LogP contribution in [0.4, 0.5) is 5.69 Å². The van der Waals surface area contributed by atoms with Gasteiger partial charge in [0, 0.05) is 24.3 Å². The van der Waals surface area contributed by atoms with Crippen molar-refractivity contribution < 1.29 is 4.74 Å². The zero-order chi connectivity index (χ0) is 14.6. The summed E-state index contributed by atoms with van der Waals surface area (Å²) in [4.78, 5) is 0. The number of benzene rings is 1. The van der Waals surface area contributed by atoms with Gasteiger partial charge >= 0.3 is 0 Å². The Hall–Kier alpha value is -1.06. The summed E-state index contributed by atoms with van der Waals surface area (Å²) in [5.74, 6) is 0. The van der Waals surface area contributed by atoms with E-state index in [1.165, 1.54) is 11.3 Å². The van der Waals surface area contributed by atoms with Gasteiger partial charge in [-0.1, -0.05) is 39.0 Å². The molecule has 0 aromatic heterocycles. The summed E-state index contributed by atoms with van der Waals surface area (Å²) < 4.78 is 5.52. The molecule has 2 atom stereocenters. The predicted molar refractivity (Wildman–Crippen MR) is 85.5 cm³/mol. The third-order valence-corrected chi connectivity index (χ3v) is 3.77. The molecule has 0 spiro atoms. The molecule has 1 aromatic rings. The van der Waals surface area contributed by atoms with Gasteiger partial charge in [-0.3, -0.25) is 0 Å². The van der Waals surface area contributed by atoms with Crippen LogP contribution < -0.4 is 10.6 Å². The van der Waals surface area contributed by atoms with Crippen LogP contribution in [-0.4, -0.2) is 31.8 Å². The summed E-state index contributed by atoms with van der Waals surface area (Å²) in [7, 11) is 0. The fourth-order valence-electron chi connectivity index (χ4n) is 2.79. The Morgan fingerprint density at radius 1 is 1.35 bits per heavy atom. The van der Waals surface area contributed by atoms with Gasteiger partial charge in [-0.15, -0.1) is 0 Å². The highest BCUT2D eigenvalue weighted by atomic mass is 16.5. The summed E-state index contributed by atoms with van der Waals surface area (Å²) in [6, 6.07) is 9.52. The molecule has 0 amide bonds. The van der Waals surface area contributed by atoms with Crippen LogP contribution in [0.15, 0.2) is 24.3 Å². The van der Waals surface area contributed by atoms with Crippen LogP contribution in [0.1, 0.15) is 39.7 Å². The first-order valence-electron chi connectivity index (χ1n) is 7.64. The average Bonchev–Trinajstić information content (AvgIpc) is 2.39. The molecule has 2 unspecified atom stereocenters. The van der Waals surface area contributed by atoms with Crippen LogP contribution in [0, 0.1) is 0 Å². The van der Waals surface area contributed by atoms with Crippen molar-refractivity contribution in [2.75, 3.05) is 25.1 Å². The number of ether oxygens (including phenoxy) is 1. The van der Waals surface area contributed by atoms with Gasteiger partial charge < -0.3 is 15.4 Å². The minimum atomic E-state index is 0.162. The van der Waals surface area contributed by atoms with Crippen LogP contribution in [0.25, 0.3) is 0 Å². The number of morpholine rings is 1. The van der Waals surface area contributed by atoms with Crippen LogP contribution >= 0.6 is 0 Å². The summed E-state index contributed by atoms with van der Waals surface area (Å²) in [6.07, 6.45) is 1.08. The summed E-state index contributed by atoms with van der Waals surface area (Å²) in [5.41, 5.74) is 2.79.